The van der Waals surface area contributed by atoms with Crippen molar-refractivity contribution in [3.8, 4) is 0 Å². The summed E-state index contributed by atoms with van der Waals surface area (Å²) in [4.78, 5) is 13.3. The average molecular weight is 226 g/mol. The Morgan fingerprint density at radius 3 is 2.93 bits per heavy atom. The third-order valence-corrected chi connectivity index (χ3v) is 2.67. The minimum absolute atomic E-state index is 0.00618. The largest absolute Gasteiger partial charge is 0.370 e. The molecule has 0 N–H and O–H groups in total. The van der Waals surface area contributed by atoms with E-state index in [4.69, 9.17) is 16.3 Å². The van der Waals surface area contributed by atoms with Gasteiger partial charge in [-0.3, -0.25) is 4.79 Å². The molecule has 0 aromatic heterocycles. The van der Waals surface area contributed by atoms with Gasteiger partial charge in [-0.05, 0) is 30.7 Å². The molecule has 1 aliphatic rings. The average Bonchev–Trinajstić information content (AvgIpc) is 2.20. The molecule has 1 saturated heterocycles. The van der Waals surface area contributed by atoms with Crippen LogP contribution in [0, 0.1) is 6.92 Å². The second-order valence-electron chi connectivity index (χ2n) is 3.53. The lowest BCUT2D eigenvalue weighted by Gasteiger charge is -2.28. The van der Waals surface area contributed by atoms with Crippen LogP contribution in [-0.2, 0) is 9.53 Å². The molecule has 1 aliphatic heterocycles. The number of morpholine rings is 1. The molecule has 0 aliphatic carbocycles. The SMILES string of the molecule is Cc1cc(Cl)ccc1N1CCOCC1=O. The van der Waals surface area contributed by atoms with Crippen molar-refractivity contribution in [3.05, 3.63) is 28.8 Å². The Hall–Kier alpha value is -1.06. The zero-order valence-corrected chi connectivity index (χ0v) is 9.25. The van der Waals surface area contributed by atoms with Crippen molar-refractivity contribution in [2.75, 3.05) is 24.7 Å². The predicted octanol–water partition coefficient (Wildman–Crippen LogP) is 2.01. The Bertz CT molecular complexity index is 392. The predicted molar refractivity (Wildman–Crippen MR) is 59.4 cm³/mol. The summed E-state index contributed by atoms with van der Waals surface area (Å²) in [5, 5.41) is 0.692. The highest BCUT2D eigenvalue weighted by atomic mass is 35.5. The summed E-state index contributed by atoms with van der Waals surface area (Å²) in [6, 6.07) is 5.53. The maximum Gasteiger partial charge on any atom is 0.253 e. The zero-order chi connectivity index (χ0) is 10.8. The first-order valence-corrected chi connectivity index (χ1v) is 5.20. The minimum atomic E-state index is 0.00618. The number of amides is 1. The van der Waals surface area contributed by atoms with Crippen molar-refractivity contribution in [3.63, 3.8) is 0 Å². The van der Waals surface area contributed by atoms with E-state index in [9.17, 15) is 4.79 Å². The molecule has 1 heterocycles. The molecule has 4 heteroatoms. The quantitative estimate of drug-likeness (QED) is 0.732. The second kappa shape index (κ2) is 4.21. The van der Waals surface area contributed by atoms with E-state index in [0.29, 0.717) is 18.2 Å². The first-order valence-electron chi connectivity index (χ1n) is 4.83. The normalized spacial score (nSPS) is 16.9. The fourth-order valence-corrected chi connectivity index (χ4v) is 1.92. The summed E-state index contributed by atoms with van der Waals surface area (Å²) in [5.74, 6) is 0.00618. The van der Waals surface area contributed by atoms with Gasteiger partial charge in [-0.15, -0.1) is 0 Å². The molecule has 3 nitrogen and oxygen atoms in total. The van der Waals surface area contributed by atoms with Gasteiger partial charge in [0.1, 0.15) is 6.61 Å². The summed E-state index contributed by atoms with van der Waals surface area (Å²) in [5.41, 5.74) is 1.94. The highest BCUT2D eigenvalue weighted by Crippen LogP contribution is 2.24. The Balaban J connectivity index is 2.31. The van der Waals surface area contributed by atoms with E-state index < -0.39 is 0 Å². The van der Waals surface area contributed by atoms with E-state index in [1.807, 2.05) is 19.1 Å². The van der Waals surface area contributed by atoms with Crippen molar-refractivity contribution in [2.45, 2.75) is 6.92 Å². The Labute approximate surface area is 93.6 Å². The van der Waals surface area contributed by atoms with Crippen LogP contribution >= 0.6 is 11.6 Å². The van der Waals surface area contributed by atoms with Crippen LogP contribution in [0.15, 0.2) is 18.2 Å². The molecule has 0 unspecified atom stereocenters. The van der Waals surface area contributed by atoms with Gasteiger partial charge < -0.3 is 9.64 Å². The molecule has 0 spiro atoms. The molecule has 0 radical (unpaired) electrons. The Kier molecular flexibility index (Phi) is 2.93. The molecule has 1 aromatic carbocycles. The van der Waals surface area contributed by atoms with Gasteiger partial charge >= 0.3 is 0 Å². The summed E-state index contributed by atoms with van der Waals surface area (Å²) >= 11 is 5.86. The molecule has 1 amide bonds. The lowest BCUT2D eigenvalue weighted by molar-refractivity contribution is -0.125. The lowest BCUT2D eigenvalue weighted by atomic mass is 10.1. The topological polar surface area (TPSA) is 29.5 Å². The fourth-order valence-electron chi connectivity index (χ4n) is 1.69. The van der Waals surface area contributed by atoms with E-state index in [-0.39, 0.29) is 12.5 Å². The van der Waals surface area contributed by atoms with Gasteiger partial charge in [-0.2, -0.15) is 0 Å². The van der Waals surface area contributed by atoms with Crippen molar-refractivity contribution >= 4 is 23.2 Å². The van der Waals surface area contributed by atoms with Crippen LogP contribution < -0.4 is 4.90 Å². The van der Waals surface area contributed by atoms with Crippen LogP contribution in [0.25, 0.3) is 0 Å². The maximum atomic E-state index is 11.6. The van der Waals surface area contributed by atoms with Crippen molar-refractivity contribution in [2.24, 2.45) is 0 Å². The van der Waals surface area contributed by atoms with Crippen LogP contribution in [0.4, 0.5) is 5.69 Å². The molecule has 1 aromatic rings. The molecule has 15 heavy (non-hydrogen) atoms. The van der Waals surface area contributed by atoms with Crippen LogP contribution in [0.1, 0.15) is 5.56 Å². The van der Waals surface area contributed by atoms with Gasteiger partial charge in [0.05, 0.1) is 6.61 Å². The van der Waals surface area contributed by atoms with E-state index >= 15 is 0 Å². The van der Waals surface area contributed by atoms with Crippen LogP contribution in [0.5, 0.6) is 0 Å². The Morgan fingerprint density at radius 2 is 2.27 bits per heavy atom. The number of carbonyl (C=O) groups is 1. The molecule has 1 fully saturated rings. The molecule has 0 bridgehead atoms. The van der Waals surface area contributed by atoms with Gasteiger partial charge in [0, 0.05) is 17.3 Å². The first-order chi connectivity index (χ1) is 7.18. The van der Waals surface area contributed by atoms with Gasteiger partial charge in [-0.25, -0.2) is 0 Å². The molecule has 0 saturated carbocycles. The van der Waals surface area contributed by atoms with Crippen molar-refractivity contribution < 1.29 is 9.53 Å². The highest BCUT2D eigenvalue weighted by molar-refractivity contribution is 6.30. The third kappa shape index (κ3) is 2.13. The number of anilines is 1. The fraction of sp³-hybridized carbons (Fsp3) is 0.364. The monoisotopic (exact) mass is 225 g/mol. The number of aryl methyl sites for hydroxylation is 1. The minimum Gasteiger partial charge on any atom is -0.370 e. The van der Waals surface area contributed by atoms with E-state index in [2.05, 4.69) is 0 Å². The maximum absolute atomic E-state index is 11.6. The molecule has 0 atom stereocenters. The zero-order valence-electron chi connectivity index (χ0n) is 8.50. The van der Waals surface area contributed by atoms with Crippen LogP contribution in [0.3, 0.4) is 0 Å². The summed E-state index contributed by atoms with van der Waals surface area (Å²) in [6.07, 6.45) is 0. The smallest absolute Gasteiger partial charge is 0.253 e. The number of hydrogen-bond acceptors (Lipinski definition) is 2. The van der Waals surface area contributed by atoms with Gasteiger partial charge in [0.15, 0.2) is 0 Å². The number of hydrogen-bond donors (Lipinski definition) is 0. The summed E-state index contributed by atoms with van der Waals surface area (Å²) < 4.78 is 5.08. The van der Waals surface area contributed by atoms with Crippen LogP contribution in [0.2, 0.25) is 5.02 Å². The number of halogens is 1. The highest BCUT2D eigenvalue weighted by Gasteiger charge is 2.21. The van der Waals surface area contributed by atoms with Gasteiger partial charge in [-0.1, -0.05) is 11.6 Å². The van der Waals surface area contributed by atoms with Crippen molar-refractivity contribution in [1.29, 1.82) is 0 Å². The van der Waals surface area contributed by atoms with Crippen LogP contribution in [-0.4, -0.2) is 25.7 Å². The third-order valence-electron chi connectivity index (χ3n) is 2.44. The Morgan fingerprint density at radius 1 is 1.47 bits per heavy atom. The summed E-state index contributed by atoms with van der Waals surface area (Å²) in [7, 11) is 0. The van der Waals surface area contributed by atoms with E-state index in [1.54, 1.807) is 11.0 Å². The van der Waals surface area contributed by atoms with Gasteiger partial charge in [0.25, 0.3) is 5.91 Å². The number of ether oxygens (including phenoxy) is 1. The molecular weight excluding hydrogens is 214 g/mol. The van der Waals surface area contributed by atoms with Crippen molar-refractivity contribution in [1.82, 2.24) is 0 Å². The molecule has 2 rings (SSSR count). The number of benzene rings is 1. The standard InChI is InChI=1S/C11H12ClNO2/c1-8-6-9(12)2-3-10(8)13-4-5-15-7-11(13)14/h2-3,6H,4-5,7H2,1H3. The number of carbonyl (C=O) groups excluding carboxylic acids is 1. The van der Waals surface area contributed by atoms with Gasteiger partial charge in [0.2, 0.25) is 0 Å². The van der Waals surface area contributed by atoms with E-state index in [1.165, 1.54) is 0 Å². The lowest BCUT2D eigenvalue weighted by Crippen LogP contribution is -2.42. The number of rotatable bonds is 1. The molecule has 80 valence electrons. The second-order valence-corrected chi connectivity index (χ2v) is 3.97. The summed E-state index contributed by atoms with van der Waals surface area (Å²) in [6.45, 7) is 3.32. The molecular formula is C11H12ClNO2. The van der Waals surface area contributed by atoms with E-state index in [0.717, 1.165) is 11.3 Å². The first kappa shape index (κ1) is 10.5. The number of nitrogens with zero attached hydrogens (tertiary/aromatic N) is 1.